The van der Waals surface area contributed by atoms with Crippen molar-refractivity contribution in [3.05, 3.63) is 22.2 Å². The smallest absolute Gasteiger partial charge is 0.255 e. The molecule has 0 atom stereocenters. The van der Waals surface area contributed by atoms with Crippen molar-refractivity contribution in [2.24, 2.45) is 0 Å². The second kappa shape index (κ2) is 4.40. The van der Waals surface area contributed by atoms with Gasteiger partial charge in [-0.05, 0) is 12.8 Å². The van der Waals surface area contributed by atoms with Gasteiger partial charge >= 0.3 is 0 Å². The second-order valence-electron chi connectivity index (χ2n) is 3.97. The lowest BCUT2D eigenvalue weighted by atomic mass is 10.00. The number of aromatic nitrogens is 4. The molecule has 0 amide bonds. The Morgan fingerprint density at radius 2 is 2.00 bits per heavy atom. The average molecular weight is 273 g/mol. The number of fused-ring (bicyclic) bond motifs is 1. The van der Waals surface area contributed by atoms with E-state index in [2.05, 4.69) is 15.1 Å². The maximum Gasteiger partial charge on any atom is 0.255 e. The molecule has 7 heteroatoms. The first-order valence-electron chi connectivity index (χ1n) is 5.40. The summed E-state index contributed by atoms with van der Waals surface area (Å²) < 4.78 is 6.83. The van der Waals surface area contributed by atoms with Gasteiger partial charge in [-0.2, -0.15) is 14.5 Å². The van der Waals surface area contributed by atoms with Crippen molar-refractivity contribution < 1.29 is 4.74 Å². The molecule has 3 rings (SSSR count). The number of ether oxygens (including phenoxy) is 1. The lowest BCUT2D eigenvalue weighted by molar-refractivity contribution is 0.0836. The Morgan fingerprint density at radius 1 is 1.24 bits per heavy atom. The lowest BCUT2D eigenvalue weighted by Gasteiger charge is -2.18. The van der Waals surface area contributed by atoms with E-state index in [1.165, 1.54) is 4.52 Å². The van der Waals surface area contributed by atoms with Gasteiger partial charge < -0.3 is 4.74 Å². The number of hydrogen-bond acceptors (Lipinski definition) is 4. The molecule has 0 spiro atoms. The Kier molecular flexibility index (Phi) is 2.90. The molecule has 0 N–H and O–H groups in total. The zero-order chi connectivity index (χ0) is 11.8. The highest BCUT2D eigenvalue weighted by molar-refractivity contribution is 6.33. The Balaban J connectivity index is 2.03. The number of nitrogens with zero attached hydrogens (tertiary/aromatic N) is 4. The second-order valence-corrected chi connectivity index (χ2v) is 4.74. The van der Waals surface area contributed by atoms with Gasteiger partial charge in [-0.25, -0.2) is 0 Å². The van der Waals surface area contributed by atoms with Crippen LogP contribution in [0.5, 0.6) is 0 Å². The molecule has 0 aliphatic carbocycles. The number of halogens is 2. The average Bonchev–Trinajstić information content (AvgIpc) is 2.74. The van der Waals surface area contributed by atoms with Gasteiger partial charge in [0.1, 0.15) is 10.3 Å². The van der Waals surface area contributed by atoms with E-state index < -0.39 is 0 Å². The minimum absolute atomic E-state index is 0.320. The summed E-state index contributed by atoms with van der Waals surface area (Å²) in [4.78, 5) is 8.47. The first kappa shape index (κ1) is 11.2. The third kappa shape index (κ3) is 2.10. The monoisotopic (exact) mass is 272 g/mol. The molecule has 1 aliphatic rings. The molecule has 0 saturated carbocycles. The van der Waals surface area contributed by atoms with Crippen LogP contribution in [0.3, 0.4) is 0 Å². The Labute approximate surface area is 108 Å². The molecule has 0 radical (unpaired) electrons. The van der Waals surface area contributed by atoms with Crippen molar-refractivity contribution >= 4 is 29.0 Å². The van der Waals surface area contributed by atoms with Crippen molar-refractivity contribution in [1.29, 1.82) is 0 Å². The summed E-state index contributed by atoms with van der Waals surface area (Å²) in [6.45, 7) is 1.50. The van der Waals surface area contributed by atoms with Gasteiger partial charge in [0.25, 0.3) is 5.78 Å². The van der Waals surface area contributed by atoms with Crippen LogP contribution < -0.4 is 0 Å². The standard InChI is InChI=1S/C10H10Cl2N4O/c11-7-5-8(12)16-10(13-7)14-9(15-16)6-1-3-17-4-2-6/h5-6H,1-4H2. The van der Waals surface area contributed by atoms with Gasteiger partial charge in [0, 0.05) is 25.2 Å². The van der Waals surface area contributed by atoms with Gasteiger partial charge in [-0.15, -0.1) is 5.10 Å². The molecule has 0 bridgehead atoms. The third-order valence-electron chi connectivity index (χ3n) is 2.84. The Hall–Kier alpha value is -0.910. The molecule has 3 heterocycles. The van der Waals surface area contributed by atoms with Gasteiger partial charge in [0.05, 0.1) is 0 Å². The lowest BCUT2D eigenvalue weighted by Crippen LogP contribution is -2.15. The Morgan fingerprint density at radius 3 is 2.76 bits per heavy atom. The summed E-state index contributed by atoms with van der Waals surface area (Å²) in [5.41, 5.74) is 0. The molecule has 2 aromatic rings. The van der Waals surface area contributed by atoms with Crippen molar-refractivity contribution in [3.63, 3.8) is 0 Å². The molecule has 1 saturated heterocycles. The van der Waals surface area contributed by atoms with Crippen LogP contribution in [0.4, 0.5) is 0 Å². The van der Waals surface area contributed by atoms with Crippen LogP contribution in [0.2, 0.25) is 10.3 Å². The molecule has 1 aliphatic heterocycles. The van der Waals surface area contributed by atoms with E-state index >= 15 is 0 Å². The van der Waals surface area contributed by atoms with Gasteiger partial charge in [0.2, 0.25) is 0 Å². The van der Waals surface area contributed by atoms with Gasteiger partial charge in [0.15, 0.2) is 5.82 Å². The first-order chi connectivity index (χ1) is 8.24. The van der Waals surface area contributed by atoms with Gasteiger partial charge in [-0.3, -0.25) is 0 Å². The highest BCUT2D eigenvalue weighted by Crippen LogP contribution is 2.25. The van der Waals surface area contributed by atoms with Gasteiger partial charge in [-0.1, -0.05) is 23.2 Å². The maximum atomic E-state index is 6.03. The van der Waals surface area contributed by atoms with Crippen LogP contribution in [0, 0.1) is 0 Å². The fraction of sp³-hybridized carbons (Fsp3) is 0.500. The first-order valence-corrected chi connectivity index (χ1v) is 6.16. The van der Waals surface area contributed by atoms with Crippen LogP contribution in [0.25, 0.3) is 5.78 Å². The van der Waals surface area contributed by atoms with E-state index in [0.29, 0.717) is 22.0 Å². The van der Waals surface area contributed by atoms with Crippen LogP contribution >= 0.6 is 23.2 Å². The maximum absolute atomic E-state index is 6.03. The summed E-state index contributed by atoms with van der Waals surface area (Å²) in [7, 11) is 0. The van der Waals surface area contributed by atoms with E-state index in [-0.39, 0.29) is 0 Å². The third-order valence-corrected chi connectivity index (χ3v) is 3.30. The molecule has 2 aromatic heterocycles. The number of rotatable bonds is 1. The van der Waals surface area contributed by atoms with Crippen LogP contribution in [0.15, 0.2) is 6.07 Å². The molecular weight excluding hydrogens is 263 g/mol. The highest BCUT2D eigenvalue weighted by atomic mass is 35.5. The minimum atomic E-state index is 0.320. The van der Waals surface area contributed by atoms with Crippen molar-refractivity contribution in [3.8, 4) is 0 Å². The Bertz CT molecular complexity index is 550. The minimum Gasteiger partial charge on any atom is -0.381 e. The van der Waals surface area contributed by atoms with Crippen LogP contribution in [0.1, 0.15) is 24.6 Å². The predicted octanol–water partition coefficient (Wildman–Crippen LogP) is 2.33. The van der Waals surface area contributed by atoms with Crippen LogP contribution in [-0.2, 0) is 4.74 Å². The van der Waals surface area contributed by atoms with Crippen LogP contribution in [-0.4, -0.2) is 32.8 Å². The summed E-state index contributed by atoms with van der Waals surface area (Å²) in [6.07, 6.45) is 1.87. The molecule has 90 valence electrons. The fourth-order valence-corrected chi connectivity index (χ4v) is 2.40. The van der Waals surface area contributed by atoms with Crippen molar-refractivity contribution in [2.45, 2.75) is 18.8 Å². The van der Waals surface area contributed by atoms with E-state index in [4.69, 9.17) is 27.9 Å². The molecule has 1 fully saturated rings. The molecule has 0 unspecified atom stereocenters. The summed E-state index contributed by atoms with van der Waals surface area (Å²) in [5.74, 6) is 1.54. The van der Waals surface area contributed by atoms with E-state index in [9.17, 15) is 0 Å². The predicted molar refractivity (Wildman–Crippen MR) is 63.6 cm³/mol. The van der Waals surface area contributed by atoms with Crippen molar-refractivity contribution in [1.82, 2.24) is 19.6 Å². The fourth-order valence-electron chi connectivity index (χ4n) is 1.95. The summed E-state index contributed by atoms with van der Waals surface area (Å²) in [5, 5.41) is 5.12. The van der Waals surface area contributed by atoms with E-state index in [1.54, 1.807) is 6.07 Å². The van der Waals surface area contributed by atoms with E-state index in [1.807, 2.05) is 0 Å². The quantitative estimate of drug-likeness (QED) is 0.748. The largest absolute Gasteiger partial charge is 0.381 e. The molecular formula is C10H10Cl2N4O. The highest BCUT2D eigenvalue weighted by Gasteiger charge is 2.21. The SMILES string of the molecule is Clc1cc(Cl)n2nc(C3CCOCC3)nc2n1. The summed E-state index contributed by atoms with van der Waals surface area (Å²) >= 11 is 11.8. The van der Waals surface area contributed by atoms with E-state index in [0.717, 1.165) is 31.9 Å². The molecule has 5 nitrogen and oxygen atoms in total. The molecule has 0 aromatic carbocycles. The van der Waals surface area contributed by atoms with Crippen molar-refractivity contribution in [2.75, 3.05) is 13.2 Å². The zero-order valence-electron chi connectivity index (χ0n) is 8.94. The topological polar surface area (TPSA) is 52.3 Å². The molecule has 17 heavy (non-hydrogen) atoms. The number of hydrogen-bond donors (Lipinski definition) is 0. The summed E-state index contributed by atoms with van der Waals surface area (Å²) in [6, 6.07) is 1.55. The normalized spacial score (nSPS) is 17.8. The zero-order valence-corrected chi connectivity index (χ0v) is 10.4.